The molecule has 13 heteroatoms. The summed E-state index contributed by atoms with van der Waals surface area (Å²) in [6.45, 7) is 0.146. The molecular formula is C24H27ClN4O6S2. The van der Waals surface area contributed by atoms with Crippen LogP contribution in [0.25, 0.3) is 0 Å². The molecule has 2 aromatic heterocycles. The third-order valence-electron chi connectivity index (χ3n) is 6.08. The monoisotopic (exact) mass is 566 g/mol. The van der Waals surface area contributed by atoms with Gasteiger partial charge in [0.15, 0.2) is 0 Å². The van der Waals surface area contributed by atoms with Crippen LogP contribution in [0, 0.1) is 5.92 Å². The molecule has 3 aromatic rings. The number of hydrogen-bond donors (Lipinski definition) is 3. The van der Waals surface area contributed by atoms with Gasteiger partial charge in [0.05, 0.1) is 29.8 Å². The van der Waals surface area contributed by atoms with E-state index in [-0.39, 0.29) is 18.4 Å². The van der Waals surface area contributed by atoms with E-state index < -0.39 is 22.3 Å². The van der Waals surface area contributed by atoms with E-state index in [4.69, 9.17) is 21.5 Å². The molecule has 4 rings (SSSR count). The zero-order valence-corrected chi connectivity index (χ0v) is 22.4. The number of rotatable bonds is 11. The number of nitrogens with one attached hydrogen (secondary N) is 1. The number of nitrogens with two attached hydrogens (primary N) is 1. The summed E-state index contributed by atoms with van der Waals surface area (Å²) in [5.74, 6) is -0.335. The molecule has 1 aromatic carbocycles. The third kappa shape index (κ3) is 7.32. The van der Waals surface area contributed by atoms with Gasteiger partial charge in [-0.1, -0.05) is 23.7 Å². The molecule has 0 amide bonds. The second-order valence-corrected chi connectivity index (χ2v) is 11.6. The number of aromatic nitrogens is 2. The van der Waals surface area contributed by atoms with Crippen LogP contribution >= 0.6 is 22.9 Å². The number of carbonyl (C=O) groups excluding carboxylic acids is 1. The van der Waals surface area contributed by atoms with E-state index in [9.17, 15) is 18.3 Å². The topological polar surface area (TPSA) is 154 Å². The van der Waals surface area contributed by atoms with Gasteiger partial charge in [0.25, 0.3) is 0 Å². The lowest BCUT2D eigenvalue weighted by molar-refractivity contribution is 0.101. The Balaban J connectivity index is 1.52. The van der Waals surface area contributed by atoms with Gasteiger partial charge in [-0.2, -0.15) is 8.42 Å². The highest BCUT2D eigenvalue weighted by Gasteiger charge is 2.35. The number of benzene rings is 1. The number of methoxy groups -OCH3 is 1. The average molecular weight is 567 g/mol. The summed E-state index contributed by atoms with van der Waals surface area (Å²) in [6, 6.07) is 9.17. The van der Waals surface area contributed by atoms with Crippen LogP contribution in [0.2, 0.25) is 5.02 Å². The number of ether oxygens (including phenoxy) is 1. The van der Waals surface area contributed by atoms with E-state index in [1.165, 1.54) is 23.9 Å². The van der Waals surface area contributed by atoms with Crippen LogP contribution in [0.3, 0.4) is 0 Å². The van der Waals surface area contributed by atoms with E-state index in [0.29, 0.717) is 47.2 Å². The number of halogens is 1. The first-order chi connectivity index (χ1) is 17.6. The Kier molecular flexibility index (Phi) is 8.90. The fourth-order valence-corrected chi connectivity index (χ4v) is 6.05. The smallest absolute Gasteiger partial charge is 0.333 e. The summed E-state index contributed by atoms with van der Waals surface area (Å²) in [5.41, 5.74) is 2.29. The minimum atomic E-state index is -4.10. The number of hydrogen-bond acceptors (Lipinski definition) is 10. The Morgan fingerprint density at radius 1 is 1.32 bits per heavy atom. The molecule has 1 aliphatic rings. The Labute approximate surface area is 224 Å². The van der Waals surface area contributed by atoms with Gasteiger partial charge >= 0.3 is 10.3 Å². The van der Waals surface area contributed by atoms with Crippen LogP contribution < -0.4 is 10.5 Å². The standard InChI is InChI=1S/C24H27ClN4O6S2/c1-34-12-22-15(5-14-3-2-4-17(25)6-14)8-21(36-22)23(31)19-10-27-13-28-24(19)29-18-7-16(20(30)9-18)11-35-37(26,32)33/h2-4,6,8,10,13,16,18,20,30H,5,7,9,11-12H2,1H3,(H2,26,32,33)(H,27,28,29)/t16?,18-,20+/m1/s1. The van der Waals surface area contributed by atoms with Gasteiger partial charge < -0.3 is 15.2 Å². The molecule has 2 heterocycles. The van der Waals surface area contributed by atoms with E-state index in [1.54, 1.807) is 7.11 Å². The van der Waals surface area contributed by atoms with Crippen LogP contribution in [0.5, 0.6) is 0 Å². The lowest BCUT2D eigenvalue weighted by atomic mass is 10.0. The zero-order valence-electron chi connectivity index (χ0n) is 20.0. The summed E-state index contributed by atoms with van der Waals surface area (Å²) in [6.07, 6.45) is 3.34. The molecule has 10 nitrogen and oxygen atoms in total. The highest BCUT2D eigenvalue weighted by molar-refractivity contribution is 7.84. The first-order valence-electron chi connectivity index (χ1n) is 11.4. The molecule has 37 heavy (non-hydrogen) atoms. The van der Waals surface area contributed by atoms with Crippen molar-refractivity contribution >= 4 is 44.8 Å². The van der Waals surface area contributed by atoms with E-state index in [1.807, 2.05) is 30.3 Å². The maximum absolute atomic E-state index is 13.5. The molecule has 0 bridgehead atoms. The number of nitrogens with zero attached hydrogens (tertiary/aromatic N) is 2. The van der Waals surface area contributed by atoms with Crippen molar-refractivity contribution in [1.82, 2.24) is 9.97 Å². The minimum Gasteiger partial charge on any atom is -0.393 e. The Morgan fingerprint density at radius 2 is 2.14 bits per heavy atom. The first kappa shape index (κ1) is 27.6. The highest BCUT2D eigenvalue weighted by atomic mass is 35.5. The summed E-state index contributed by atoms with van der Waals surface area (Å²) in [4.78, 5) is 23.3. The van der Waals surface area contributed by atoms with Crippen molar-refractivity contribution in [2.75, 3.05) is 19.0 Å². The number of carbonyl (C=O) groups is 1. The lowest BCUT2D eigenvalue weighted by Gasteiger charge is -2.15. The normalized spacial score (nSPS) is 19.7. The van der Waals surface area contributed by atoms with Gasteiger partial charge in [-0.25, -0.2) is 15.1 Å². The summed E-state index contributed by atoms with van der Waals surface area (Å²) in [5, 5.41) is 19.1. The first-order valence-corrected chi connectivity index (χ1v) is 14.1. The quantitative estimate of drug-likeness (QED) is 0.297. The van der Waals surface area contributed by atoms with Crippen molar-refractivity contribution in [2.24, 2.45) is 11.1 Å². The van der Waals surface area contributed by atoms with Crippen LogP contribution in [0.4, 0.5) is 5.82 Å². The third-order valence-corrected chi connectivity index (χ3v) is 7.93. The number of anilines is 1. The predicted octanol–water partition coefficient (Wildman–Crippen LogP) is 2.93. The molecule has 4 N–H and O–H groups in total. The van der Waals surface area contributed by atoms with E-state index in [0.717, 1.165) is 16.0 Å². The largest absolute Gasteiger partial charge is 0.393 e. The van der Waals surface area contributed by atoms with Gasteiger partial charge in [0.1, 0.15) is 12.1 Å². The van der Waals surface area contributed by atoms with Crippen molar-refractivity contribution in [1.29, 1.82) is 0 Å². The molecular weight excluding hydrogens is 540 g/mol. The lowest BCUT2D eigenvalue weighted by Crippen LogP contribution is -2.24. The van der Waals surface area contributed by atoms with Crippen molar-refractivity contribution in [3.63, 3.8) is 0 Å². The van der Waals surface area contributed by atoms with Gasteiger partial charge in [-0.05, 0) is 48.6 Å². The molecule has 0 aliphatic heterocycles. The molecule has 0 saturated heterocycles. The molecule has 0 radical (unpaired) electrons. The van der Waals surface area contributed by atoms with Crippen LogP contribution in [-0.2, 0) is 32.3 Å². The molecule has 198 valence electrons. The second kappa shape index (κ2) is 11.9. The van der Waals surface area contributed by atoms with Crippen molar-refractivity contribution in [3.05, 3.63) is 74.3 Å². The van der Waals surface area contributed by atoms with Gasteiger partial charge in [0, 0.05) is 35.2 Å². The molecule has 0 spiro atoms. The van der Waals surface area contributed by atoms with Gasteiger partial charge in [-0.15, -0.1) is 11.3 Å². The number of aliphatic hydroxyl groups excluding tert-OH is 1. The van der Waals surface area contributed by atoms with Gasteiger partial charge in [0.2, 0.25) is 5.78 Å². The fraction of sp³-hybridized carbons (Fsp3) is 0.375. The second-order valence-electron chi connectivity index (χ2n) is 8.83. The number of aliphatic hydroxyl groups is 1. The predicted molar refractivity (Wildman–Crippen MR) is 140 cm³/mol. The van der Waals surface area contributed by atoms with Gasteiger partial charge in [-0.3, -0.25) is 8.98 Å². The maximum atomic E-state index is 13.5. The summed E-state index contributed by atoms with van der Waals surface area (Å²) >= 11 is 7.49. The van der Waals surface area contributed by atoms with Crippen molar-refractivity contribution in [2.45, 2.75) is 38.0 Å². The number of ketones is 1. The molecule has 1 fully saturated rings. The number of thiophene rings is 1. The Bertz CT molecular complexity index is 1370. The molecule has 1 aliphatic carbocycles. The Morgan fingerprint density at radius 3 is 2.86 bits per heavy atom. The molecule has 1 saturated carbocycles. The summed E-state index contributed by atoms with van der Waals surface area (Å²) in [7, 11) is -2.49. The molecule has 1 unspecified atom stereocenters. The summed E-state index contributed by atoms with van der Waals surface area (Å²) < 4.78 is 32.2. The maximum Gasteiger partial charge on any atom is 0.333 e. The van der Waals surface area contributed by atoms with E-state index in [2.05, 4.69) is 19.5 Å². The Hall–Kier alpha value is -2.45. The molecule has 3 atom stereocenters. The van der Waals surface area contributed by atoms with Crippen LogP contribution in [0.1, 0.15) is 44.1 Å². The zero-order chi connectivity index (χ0) is 26.6. The van der Waals surface area contributed by atoms with Crippen LogP contribution in [0.15, 0.2) is 42.9 Å². The van der Waals surface area contributed by atoms with Crippen molar-refractivity contribution < 1.29 is 27.2 Å². The van der Waals surface area contributed by atoms with E-state index >= 15 is 0 Å². The fourth-order valence-electron chi connectivity index (χ4n) is 4.37. The SMILES string of the molecule is COCc1sc(C(=O)c2cncnc2N[C@@H]2CC(COS(N)(=O)=O)[C@@H](O)C2)cc1Cc1cccc(Cl)c1. The average Bonchev–Trinajstić information content (AvgIpc) is 3.40. The minimum absolute atomic E-state index is 0.222. The van der Waals surface area contributed by atoms with Crippen LogP contribution in [-0.4, -0.2) is 55.1 Å². The highest BCUT2D eigenvalue weighted by Crippen LogP contribution is 2.32. The van der Waals surface area contributed by atoms with Crippen molar-refractivity contribution in [3.8, 4) is 0 Å².